The lowest BCUT2D eigenvalue weighted by atomic mass is 10.2. The second kappa shape index (κ2) is 8.92. The Kier molecular flexibility index (Phi) is 7.54. The van der Waals surface area contributed by atoms with Crippen molar-refractivity contribution in [3.8, 4) is 0 Å². The average molecular weight is 301 g/mol. The molecule has 0 radical (unpaired) electrons. The summed E-state index contributed by atoms with van der Waals surface area (Å²) in [7, 11) is 3.22. The third-order valence-corrected chi connectivity index (χ3v) is 3.05. The monoisotopic (exact) mass is 300 g/mol. The predicted octanol–water partition coefficient (Wildman–Crippen LogP) is 1.84. The second-order valence-corrected chi connectivity index (χ2v) is 4.89. The summed E-state index contributed by atoms with van der Waals surface area (Å²) in [5.74, 6) is -0.123. The molecule has 0 heterocycles. The Morgan fingerprint density at radius 2 is 2.15 bits per heavy atom. The minimum atomic E-state index is -0.123. The fourth-order valence-corrected chi connectivity index (χ4v) is 1.84. The van der Waals surface area contributed by atoms with Crippen LogP contribution in [0, 0.1) is 6.92 Å². The van der Waals surface area contributed by atoms with Gasteiger partial charge in [0.05, 0.1) is 19.3 Å². The number of methoxy groups -OCH3 is 2. The van der Waals surface area contributed by atoms with Crippen molar-refractivity contribution in [1.29, 1.82) is 0 Å². The molecule has 20 heavy (non-hydrogen) atoms. The third-order valence-electron chi connectivity index (χ3n) is 2.82. The molecule has 0 aromatic heterocycles. The molecule has 2 N–H and O–H groups in total. The minimum Gasteiger partial charge on any atom is -0.382 e. The van der Waals surface area contributed by atoms with Gasteiger partial charge in [0, 0.05) is 31.5 Å². The summed E-state index contributed by atoms with van der Waals surface area (Å²) >= 11 is 5.90. The van der Waals surface area contributed by atoms with Gasteiger partial charge in [0.2, 0.25) is 5.91 Å². The van der Waals surface area contributed by atoms with Crippen LogP contribution in [0.3, 0.4) is 0 Å². The van der Waals surface area contributed by atoms with Gasteiger partial charge in [-0.2, -0.15) is 0 Å². The number of nitrogens with one attached hydrogen (secondary N) is 2. The quantitative estimate of drug-likeness (QED) is 0.769. The van der Waals surface area contributed by atoms with E-state index in [0.29, 0.717) is 18.2 Å². The van der Waals surface area contributed by atoms with Crippen LogP contribution in [0.2, 0.25) is 5.02 Å². The molecule has 5 nitrogen and oxygen atoms in total. The van der Waals surface area contributed by atoms with E-state index in [2.05, 4.69) is 10.6 Å². The van der Waals surface area contributed by atoms with Crippen LogP contribution < -0.4 is 10.6 Å². The number of hydrogen-bond acceptors (Lipinski definition) is 4. The van der Waals surface area contributed by atoms with E-state index in [1.165, 1.54) is 0 Å². The third kappa shape index (κ3) is 5.88. The molecule has 0 saturated carbocycles. The summed E-state index contributed by atoms with van der Waals surface area (Å²) in [6.07, 6.45) is -0.0688. The van der Waals surface area contributed by atoms with Crippen LogP contribution in [0.5, 0.6) is 0 Å². The van der Waals surface area contributed by atoms with Crippen molar-refractivity contribution in [1.82, 2.24) is 5.32 Å². The van der Waals surface area contributed by atoms with Crippen LogP contribution in [-0.2, 0) is 14.3 Å². The first kappa shape index (κ1) is 16.9. The molecule has 0 spiro atoms. The fraction of sp³-hybridized carbons (Fsp3) is 0.500. The molecule has 1 unspecified atom stereocenters. The Morgan fingerprint density at radius 1 is 1.40 bits per heavy atom. The van der Waals surface area contributed by atoms with Gasteiger partial charge in [-0.05, 0) is 24.6 Å². The molecule has 1 aromatic rings. The summed E-state index contributed by atoms with van der Waals surface area (Å²) in [4.78, 5) is 11.8. The van der Waals surface area contributed by atoms with Crippen LogP contribution in [0.4, 0.5) is 5.69 Å². The van der Waals surface area contributed by atoms with Crippen LogP contribution in [-0.4, -0.2) is 45.9 Å². The molecule has 1 amide bonds. The van der Waals surface area contributed by atoms with E-state index in [4.69, 9.17) is 21.1 Å². The summed E-state index contributed by atoms with van der Waals surface area (Å²) in [6.45, 7) is 3.15. The van der Waals surface area contributed by atoms with Crippen molar-refractivity contribution in [2.45, 2.75) is 13.0 Å². The predicted molar refractivity (Wildman–Crippen MR) is 80.4 cm³/mol. The van der Waals surface area contributed by atoms with E-state index < -0.39 is 0 Å². The molecule has 0 aliphatic rings. The Hall–Kier alpha value is -1.14. The molecule has 112 valence electrons. The molecule has 0 aliphatic carbocycles. The van der Waals surface area contributed by atoms with Crippen LogP contribution in [0.15, 0.2) is 18.2 Å². The number of halogens is 1. The number of carbonyl (C=O) groups is 1. The maximum atomic E-state index is 11.8. The molecule has 1 aromatic carbocycles. The van der Waals surface area contributed by atoms with Gasteiger partial charge >= 0.3 is 0 Å². The van der Waals surface area contributed by atoms with Gasteiger partial charge in [0.25, 0.3) is 0 Å². The molecule has 6 heteroatoms. The molecule has 0 aliphatic heterocycles. The van der Waals surface area contributed by atoms with Crippen molar-refractivity contribution >= 4 is 23.2 Å². The Bertz CT molecular complexity index is 440. The minimum absolute atomic E-state index is 0.0688. The van der Waals surface area contributed by atoms with Crippen LogP contribution in [0.25, 0.3) is 0 Å². The van der Waals surface area contributed by atoms with Crippen molar-refractivity contribution in [3.63, 3.8) is 0 Å². The zero-order valence-electron chi connectivity index (χ0n) is 12.0. The van der Waals surface area contributed by atoms with Gasteiger partial charge in [-0.1, -0.05) is 17.7 Å². The lowest BCUT2D eigenvalue weighted by Gasteiger charge is -2.15. The van der Waals surface area contributed by atoms with Crippen molar-refractivity contribution in [3.05, 3.63) is 28.8 Å². The largest absolute Gasteiger partial charge is 0.382 e. The van der Waals surface area contributed by atoms with E-state index >= 15 is 0 Å². The standard InChI is InChI=1S/C14H21ClN2O3/c1-10-4-5-11(15)6-13(10)17-14(18)8-16-7-12(20-3)9-19-2/h4-6,12,16H,7-9H2,1-3H3,(H,17,18). The molecule has 1 rings (SSSR count). The fourth-order valence-electron chi connectivity index (χ4n) is 1.67. The van der Waals surface area contributed by atoms with Crippen LogP contribution >= 0.6 is 11.6 Å². The molecule has 1 atom stereocenters. The molecule has 0 saturated heterocycles. The van der Waals surface area contributed by atoms with E-state index in [-0.39, 0.29) is 18.6 Å². The van der Waals surface area contributed by atoms with Crippen molar-refractivity contribution in [2.24, 2.45) is 0 Å². The molecular weight excluding hydrogens is 280 g/mol. The highest BCUT2D eigenvalue weighted by Crippen LogP contribution is 2.19. The smallest absolute Gasteiger partial charge is 0.238 e. The Morgan fingerprint density at radius 3 is 2.80 bits per heavy atom. The van der Waals surface area contributed by atoms with E-state index in [0.717, 1.165) is 11.3 Å². The number of carbonyl (C=O) groups excluding carboxylic acids is 1. The van der Waals surface area contributed by atoms with E-state index in [9.17, 15) is 4.79 Å². The lowest BCUT2D eigenvalue weighted by Crippen LogP contribution is -2.36. The zero-order chi connectivity index (χ0) is 15.0. The first-order valence-corrected chi connectivity index (χ1v) is 6.73. The molecular formula is C14H21ClN2O3. The van der Waals surface area contributed by atoms with Crippen molar-refractivity contribution < 1.29 is 14.3 Å². The first-order valence-electron chi connectivity index (χ1n) is 6.35. The average Bonchev–Trinajstić information content (AvgIpc) is 2.42. The van der Waals surface area contributed by atoms with Gasteiger partial charge in [-0.3, -0.25) is 4.79 Å². The number of ether oxygens (including phenoxy) is 2. The normalized spacial score (nSPS) is 12.2. The lowest BCUT2D eigenvalue weighted by molar-refractivity contribution is -0.115. The molecule has 0 fully saturated rings. The molecule has 0 bridgehead atoms. The summed E-state index contributed by atoms with van der Waals surface area (Å²) in [6, 6.07) is 5.39. The number of rotatable bonds is 8. The highest BCUT2D eigenvalue weighted by molar-refractivity contribution is 6.31. The number of hydrogen-bond donors (Lipinski definition) is 2. The van der Waals surface area contributed by atoms with Gasteiger partial charge in [-0.25, -0.2) is 0 Å². The highest BCUT2D eigenvalue weighted by Gasteiger charge is 2.09. The van der Waals surface area contributed by atoms with Gasteiger partial charge < -0.3 is 20.1 Å². The van der Waals surface area contributed by atoms with Crippen LogP contribution in [0.1, 0.15) is 5.56 Å². The van der Waals surface area contributed by atoms with E-state index in [1.54, 1.807) is 26.4 Å². The summed E-state index contributed by atoms with van der Waals surface area (Å²) in [5.41, 5.74) is 1.70. The zero-order valence-corrected chi connectivity index (χ0v) is 12.8. The second-order valence-electron chi connectivity index (χ2n) is 4.45. The number of anilines is 1. The van der Waals surface area contributed by atoms with Crippen molar-refractivity contribution in [2.75, 3.05) is 39.2 Å². The van der Waals surface area contributed by atoms with Gasteiger partial charge in [0.1, 0.15) is 0 Å². The van der Waals surface area contributed by atoms with Gasteiger partial charge in [-0.15, -0.1) is 0 Å². The number of amides is 1. The summed E-state index contributed by atoms with van der Waals surface area (Å²) in [5, 5.41) is 6.44. The summed E-state index contributed by atoms with van der Waals surface area (Å²) < 4.78 is 10.2. The first-order chi connectivity index (χ1) is 9.56. The topological polar surface area (TPSA) is 59.6 Å². The maximum absolute atomic E-state index is 11.8. The van der Waals surface area contributed by atoms with E-state index in [1.807, 2.05) is 13.0 Å². The SMILES string of the molecule is COCC(CNCC(=O)Nc1cc(Cl)ccc1C)OC. The van der Waals surface area contributed by atoms with Gasteiger partial charge in [0.15, 0.2) is 0 Å². The number of benzene rings is 1. The Labute approximate surface area is 124 Å². The maximum Gasteiger partial charge on any atom is 0.238 e. The highest BCUT2D eigenvalue weighted by atomic mass is 35.5. The Balaban J connectivity index is 2.38. The number of aryl methyl sites for hydroxylation is 1.